The van der Waals surface area contributed by atoms with Gasteiger partial charge in [0.1, 0.15) is 0 Å². The molecule has 19 heavy (non-hydrogen) atoms. The number of benzene rings is 1. The first-order chi connectivity index (χ1) is 9.06. The number of nitrogens with one attached hydrogen (secondary N) is 1. The fourth-order valence-corrected chi connectivity index (χ4v) is 2.59. The van der Waals surface area contributed by atoms with Crippen LogP contribution in [0.1, 0.15) is 29.2 Å². The van der Waals surface area contributed by atoms with Crippen molar-refractivity contribution in [1.82, 2.24) is 10.3 Å². The second-order valence-corrected chi connectivity index (χ2v) is 5.42. The predicted molar refractivity (Wildman–Crippen MR) is 73.3 cm³/mol. The highest BCUT2D eigenvalue weighted by Gasteiger charge is 2.09. The first-order valence-corrected chi connectivity index (χ1v) is 7.03. The van der Waals surface area contributed by atoms with Crippen LogP contribution in [0.4, 0.5) is 8.78 Å². The third-order valence-electron chi connectivity index (χ3n) is 2.90. The molecule has 0 bridgehead atoms. The lowest BCUT2D eigenvalue weighted by Gasteiger charge is -2.13. The quantitative estimate of drug-likeness (QED) is 0.906. The van der Waals surface area contributed by atoms with Gasteiger partial charge in [-0.1, -0.05) is 6.07 Å². The summed E-state index contributed by atoms with van der Waals surface area (Å²) in [6, 6.07) is 3.98. The van der Waals surface area contributed by atoms with Crippen LogP contribution in [-0.4, -0.2) is 11.5 Å². The van der Waals surface area contributed by atoms with Crippen LogP contribution in [-0.2, 0) is 6.42 Å². The van der Waals surface area contributed by atoms with E-state index in [4.69, 9.17) is 0 Å². The normalized spacial score (nSPS) is 12.6. The number of nitrogens with zero attached hydrogens (tertiary/aromatic N) is 1. The van der Waals surface area contributed by atoms with Gasteiger partial charge in [0.25, 0.3) is 0 Å². The summed E-state index contributed by atoms with van der Waals surface area (Å²) in [7, 11) is 0. The van der Waals surface area contributed by atoms with Crippen molar-refractivity contribution in [1.29, 1.82) is 0 Å². The molecule has 1 aromatic heterocycles. The summed E-state index contributed by atoms with van der Waals surface area (Å²) in [5, 5.41) is 6.39. The van der Waals surface area contributed by atoms with Gasteiger partial charge in [-0.25, -0.2) is 13.8 Å². The summed E-state index contributed by atoms with van der Waals surface area (Å²) in [5.74, 6) is -1.61. The van der Waals surface area contributed by atoms with Crippen molar-refractivity contribution in [2.45, 2.75) is 26.3 Å². The van der Waals surface area contributed by atoms with Gasteiger partial charge in [-0.15, -0.1) is 11.3 Å². The molecule has 0 amide bonds. The van der Waals surface area contributed by atoms with Gasteiger partial charge < -0.3 is 5.32 Å². The molecule has 0 saturated heterocycles. The molecule has 1 atom stereocenters. The third-order valence-corrected chi connectivity index (χ3v) is 3.93. The molecule has 2 nitrogen and oxygen atoms in total. The zero-order valence-electron chi connectivity index (χ0n) is 10.9. The Morgan fingerprint density at radius 1 is 1.32 bits per heavy atom. The van der Waals surface area contributed by atoms with Crippen LogP contribution in [0.2, 0.25) is 0 Å². The van der Waals surface area contributed by atoms with Crippen molar-refractivity contribution >= 4 is 11.3 Å². The van der Waals surface area contributed by atoms with Crippen molar-refractivity contribution in [3.63, 3.8) is 0 Å². The van der Waals surface area contributed by atoms with E-state index in [1.54, 1.807) is 17.4 Å². The summed E-state index contributed by atoms with van der Waals surface area (Å²) in [6.07, 6.45) is 0.840. The van der Waals surface area contributed by atoms with Crippen molar-refractivity contribution in [2.75, 3.05) is 6.54 Å². The minimum Gasteiger partial charge on any atom is -0.310 e. The Morgan fingerprint density at radius 2 is 2.11 bits per heavy atom. The molecule has 0 aliphatic heterocycles. The van der Waals surface area contributed by atoms with Crippen LogP contribution in [0.5, 0.6) is 0 Å². The molecule has 102 valence electrons. The average Bonchev–Trinajstić information content (AvgIpc) is 2.78. The summed E-state index contributed by atoms with van der Waals surface area (Å²) < 4.78 is 26.0. The second kappa shape index (κ2) is 6.21. The van der Waals surface area contributed by atoms with Gasteiger partial charge in [-0.2, -0.15) is 0 Å². The lowest BCUT2D eigenvalue weighted by molar-refractivity contribution is 0.501. The Morgan fingerprint density at radius 3 is 2.74 bits per heavy atom. The van der Waals surface area contributed by atoms with Gasteiger partial charge in [-0.3, -0.25) is 0 Å². The van der Waals surface area contributed by atoms with E-state index >= 15 is 0 Å². The maximum Gasteiger partial charge on any atom is 0.159 e. The van der Waals surface area contributed by atoms with Gasteiger partial charge in [0.2, 0.25) is 0 Å². The standard InChI is InChI=1S/C14H16F2N2S/c1-9-8-19-14(18-9)5-6-17-10(2)11-3-4-12(15)13(16)7-11/h3-4,7-8,10,17H,5-6H2,1-2H3. The fraction of sp³-hybridized carbons (Fsp3) is 0.357. The van der Waals surface area contributed by atoms with Gasteiger partial charge in [0.05, 0.1) is 5.01 Å². The lowest BCUT2D eigenvalue weighted by atomic mass is 10.1. The SMILES string of the molecule is Cc1csc(CCNC(C)c2ccc(F)c(F)c2)n1. The third kappa shape index (κ3) is 3.81. The van der Waals surface area contributed by atoms with E-state index in [9.17, 15) is 8.78 Å². The van der Waals surface area contributed by atoms with Gasteiger partial charge >= 0.3 is 0 Å². The van der Waals surface area contributed by atoms with Crippen LogP contribution >= 0.6 is 11.3 Å². The maximum atomic E-state index is 13.1. The van der Waals surface area contributed by atoms with E-state index in [0.29, 0.717) is 0 Å². The first kappa shape index (κ1) is 14.1. The molecule has 5 heteroatoms. The Bertz CT molecular complexity index is 554. The molecule has 0 aliphatic rings. The molecule has 0 radical (unpaired) electrons. The molecule has 1 N–H and O–H groups in total. The van der Waals surface area contributed by atoms with Crippen LogP contribution in [0.25, 0.3) is 0 Å². The minimum atomic E-state index is -0.811. The molecule has 0 aliphatic carbocycles. The molecule has 0 spiro atoms. The number of aromatic nitrogens is 1. The molecule has 1 unspecified atom stereocenters. The van der Waals surface area contributed by atoms with E-state index in [-0.39, 0.29) is 6.04 Å². The molecule has 1 aromatic carbocycles. The monoisotopic (exact) mass is 282 g/mol. The van der Waals surface area contributed by atoms with Gasteiger partial charge in [-0.05, 0) is 31.5 Å². The Balaban J connectivity index is 1.86. The average molecular weight is 282 g/mol. The Hall–Kier alpha value is -1.33. The number of thiazole rings is 1. The van der Waals surface area contributed by atoms with Crippen LogP contribution in [0.3, 0.4) is 0 Å². The van der Waals surface area contributed by atoms with Crippen molar-refractivity contribution in [3.05, 3.63) is 51.5 Å². The Kier molecular flexibility index (Phi) is 4.61. The van der Waals surface area contributed by atoms with Crippen molar-refractivity contribution in [2.24, 2.45) is 0 Å². The zero-order valence-corrected chi connectivity index (χ0v) is 11.7. The highest BCUT2D eigenvalue weighted by atomic mass is 32.1. The van der Waals surface area contributed by atoms with E-state index < -0.39 is 11.6 Å². The van der Waals surface area contributed by atoms with Gasteiger partial charge in [0.15, 0.2) is 11.6 Å². The lowest BCUT2D eigenvalue weighted by Crippen LogP contribution is -2.21. The molecule has 0 fully saturated rings. The van der Waals surface area contributed by atoms with E-state index in [2.05, 4.69) is 10.3 Å². The van der Waals surface area contributed by atoms with Gasteiger partial charge in [0, 0.05) is 30.1 Å². The van der Waals surface area contributed by atoms with E-state index in [1.807, 2.05) is 19.2 Å². The largest absolute Gasteiger partial charge is 0.310 e. The van der Waals surface area contributed by atoms with Crippen molar-refractivity contribution in [3.8, 4) is 0 Å². The molecular formula is C14H16F2N2S. The van der Waals surface area contributed by atoms with E-state index in [0.717, 1.165) is 35.3 Å². The maximum absolute atomic E-state index is 13.1. The highest BCUT2D eigenvalue weighted by molar-refractivity contribution is 7.09. The topological polar surface area (TPSA) is 24.9 Å². The predicted octanol–water partition coefficient (Wildman–Crippen LogP) is 3.62. The molecule has 1 heterocycles. The summed E-state index contributed by atoms with van der Waals surface area (Å²) in [4.78, 5) is 4.37. The van der Waals surface area contributed by atoms with E-state index in [1.165, 1.54) is 6.07 Å². The summed E-state index contributed by atoms with van der Waals surface area (Å²) in [6.45, 7) is 4.66. The smallest absolute Gasteiger partial charge is 0.159 e. The van der Waals surface area contributed by atoms with Crippen molar-refractivity contribution < 1.29 is 8.78 Å². The number of halogens is 2. The Labute approximate surface area is 115 Å². The molecule has 2 aromatic rings. The van der Waals surface area contributed by atoms with Crippen LogP contribution in [0.15, 0.2) is 23.6 Å². The number of rotatable bonds is 5. The zero-order chi connectivity index (χ0) is 13.8. The number of hydrogen-bond donors (Lipinski definition) is 1. The van der Waals surface area contributed by atoms with Crippen LogP contribution < -0.4 is 5.32 Å². The number of hydrogen-bond acceptors (Lipinski definition) is 3. The molecule has 2 rings (SSSR count). The second-order valence-electron chi connectivity index (χ2n) is 4.48. The molecule has 0 saturated carbocycles. The highest BCUT2D eigenvalue weighted by Crippen LogP contribution is 2.16. The fourth-order valence-electron chi connectivity index (χ4n) is 1.81. The molecular weight excluding hydrogens is 266 g/mol. The minimum absolute atomic E-state index is 0.0174. The van der Waals surface area contributed by atoms with Crippen LogP contribution in [0, 0.1) is 18.6 Å². The number of aryl methyl sites for hydroxylation is 1. The summed E-state index contributed by atoms with van der Waals surface area (Å²) >= 11 is 1.64. The summed E-state index contributed by atoms with van der Waals surface area (Å²) in [5.41, 5.74) is 1.78. The first-order valence-electron chi connectivity index (χ1n) is 6.15.